The summed E-state index contributed by atoms with van der Waals surface area (Å²) < 4.78 is 5.78. The topological polar surface area (TPSA) is 58.6 Å². The summed E-state index contributed by atoms with van der Waals surface area (Å²) in [7, 11) is 0. The minimum Gasteiger partial charge on any atom is -0.505 e. The molecule has 4 aromatic carbocycles. The van der Waals surface area contributed by atoms with E-state index >= 15 is 0 Å². The lowest BCUT2D eigenvalue weighted by Crippen LogP contribution is -1.81. The van der Waals surface area contributed by atoms with E-state index in [9.17, 15) is 5.11 Å². The monoisotopic (exact) mass is 338 g/mol. The van der Waals surface area contributed by atoms with Crippen molar-refractivity contribution in [3.8, 4) is 5.75 Å². The van der Waals surface area contributed by atoms with Crippen LogP contribution in [0.5, 0.6) is 5.75 Å². The molecule has 5 aromatic rings. The molecule has 0 aliphatic rings. The molecule has 0 aliphatic carbocycles. The normalized spacial score (nSPS) is 11.8. The summed E-state index contributed by atoms with van der Waals surface area (Å²) in [5, 5.41) is 14.3. The fourth-order valence-corrected chi connectivity index (χ4v) is 3.21. The average Bonchev–Trinajstić information content (AvgIpc) is 3.11. The Morgan fingerprint density at radius 2 is 1.50 bits per heavy atom. The molecular weight excluding hydrogens is 324 g/mol. The first-order valence-corrected chi connectivity index (χ1v) is 8.33. The quantitative estimate of drug-likeness (QED) is 0.427. The van der Waals surface area contributed by atoms with Crippen LogP contribution >= 0.6 is 0 Å². The third kappa shape index (κ3) is 2.31. The van der Waals surface area contributed by atoms with Gasteiger partial charge in [-0.2, -0.15) is 0 Å². The van der Waals surface area contributed by atoms with Crippen LogP contribution < -0.4 is 0 Å². The number of nitrogens with zero attached hydrogens (tertiary/aromatic N) is 2. The van der Waals surface area contributed by atoms with E-state index in [1.165, 1.54) is 0 Å². The van der Waals surface area contributed by atoms with Crippen molar-refractivity contribution in [1.29, 1.82) is 0 Å². The van der Waals surface area contributed by atoms with E-state index in [1.54, 1.807) is 12.3 Å². The maximum absolute atomic E-state index is 10.4. The molecule has 1 aromatic heterocycles. The molecule has 26 heavy (non-hydrogen) atoms. The Morgan fingerprint density at radius 3 is 2.35 bits per heavy atom. The predicted molar refractivity (Wildman–Crippen MR) is 104 cm³/mol. The van der Waals surface area contributed by atoms with Crippen LogP contribution in [-0.4, -0.2) is 16.3 Å². The smallest absolute Gasteiger partial charge is 0.238 e. The molecule has 4 heteroatoms. The molecule has 0 spiro atoms. The lowest BCUT2D eigenvalue weighted by molar-refractivity contribution is 0.483. The molecule has 0 fully saturated rings. The van der Waals surface area contributed by atoms with Crippen LogP contribution in [0.2, 0.25) is 0 Å². The van der Waals surface area contributed by atoms with Crippen molar-refractivity contribution in [2.75, 3.05) is 0 Å². The molecular formula is C22H14N2O2. The minimum absolute atomic E-state index is 0.154. The maximum atomic E-state index is 10.4. The molecule has 5 rings (SSSR count). The summed E-state index contributed by atoms with van der Waals surface area (Å²) in [6.45, 7) is 0. The second-order valence-corrected chi connectivity index (χ2v) is 6.10. The van der Waals surface area contributed by atoms with Gasteiger partial charge < -0.3 is 9.52 Å². The Labute approximate surface area is 149 Å². The Bertz CT molecular complexity index is 1300. The SMILES string of the molecule is Oc1c(N=Cc2nc3c(ccc4ccccc43)o2)ccc2ccccc12. The van der Waals surface area contributed by atoms with Gasteiger partial charge in [-0.05, 0) is 22.9 Å². The second-order valence-electron chi connectivity index (χ2n) is 6.10. The molecule has 0 atom stereocenters. The number of aromatic nitrogens is 1. The largest absolute Gasteiger partial charge is 0.505 e. The Morgan fingerprint density at radius 1 is 0.808 bits per heavy atom. The highest BCUT2D eigenvalue weighted by Gasteiger charge is 2.09. The molecule has 0 saturated carbocycles. The molecule has 4 nitrogen and oxygen atoms in total. The van der Waals surface area contributed by atoms with Crippen molar-refractivity contribution < 1.29 is 9.52 Å². The molecule has 1 heterocycles. The summed E-state index contributed by atoms with van der Waals surface area (Å²) in [5.41, 5.74) is 2.01. The number of hydrogen-bond acceptors (Lipinski definition) is 4. The van der Waals surface area contributed by atoms with Gasteiger partial charge in [0.1, 0.15) is 17.0 Å². The lowest BCUT2D eigenvalue weighted by atomic mass is 10.1. The van der Waals surface area contributed by atoms with Crippen LogP contribution in [0, 0.1) is 0 Å². The van der Waals surface area contributed by atoms with Gasteiger partial charge in [-0.1, -0.05) is 60.7 Å². The number of rotatable bonds is 2. The van der Waals surface area contributed by atoms with Gasteiger partial charge in [0.25, 0.3) is 0 Å². The van der Waals surface area contributed by atoms with Gasteiger partial charge in [0.15, 0.2) is 5.58 Å². The number of hydrogen-bond donors (Lipinski definition) is 1. The van der Waals surface area contributed by atoms with E-state index in [2.05, 4.69) is 9.98 Å². The van der Waals surface area contributed by atoms with Crippen molar-refractivity contribution in [3.63, 3.8) is 0 Å². The van der Waals surface area contributed by atoms with Crippen molar-refractivity contribution in [2.45, 2.75) is 0 Å². The number of benzene rings is 4. The number of phenolic OH excluding ortho intramolecular Hbond substituents is 1. The zero-order valence-corrected chi connectivity index (χ0v) is 13.8. The number of aromatic hydroxyl groups is 1. The number of phenols is 1. The van der Waals surface area contributed by atoms with Crippen molar-refractivity contribution in [3.05, 3.63) is 78.7 Å². The van der Waals surface area contributed by atoms with Crippen molar-refractivity contribution in [2.24, 2.45) is 4.99 Å². The van der Waals surface area contributed by atoms with E-state index in [0.717, 1.165) is 27.1 Å². The third-order valence-electron chi connectivity index (χ3n) is 4.49. The van der Waals surface area contributed by atoms with E-state index < -0.39 is 0 Å². The molecule has 0 bridgehead atoms. The summed E-state index contributed by atoms with van der Waals surface area (Å²) in [6, 6.07) is 23.3. The average molecular weight is 338 g/mol. The predicted octanol–water partition coefficient (Wildman–Crippen LogP) is 5.59. The van der Waals surface area contributed by atoms with Crippen molar-refractivity contribution >= 4 is 44.5 Å². The zero-order chi connectivity index (χ0) is 17.5. The van der Waals surface area contributed by atoms with Crippen molar-refractivity contribution in [1.82, 2.24) is 4.98 Å². The highest BCUT2D eigenvalue weighted by atomic mass is 16.3. The first kappa shape index (κ1) is 14.7. The van der Waals surface area contributed by atoms with Gasteiger partial charge in [-0.3, -0.25) is 0 Å². The third-order valence-corrected chi connectivity index (χ3v) is 4.49. The first-order valence-electron chi connectivity index (χ1n) is 8.33. The molecule has 124 valence electrons. The summed E-state index contributed by atoms with van der Waals surface area (Å²) >= 11 is 0. The standard InChI is InChI=1S/C22H14N2O2/c25-22-17-8-4-2-6-15(17)9-11-18(22)23-13-20-24-21-16-7-3-1-5-14(16)10-12-19(21)26-20/h1-13,25H. The maximum Gasteiger partial charge on any atom is 0.238 e. The van der Waals surface area contributed by atoms with Crippen LogP contribution in [0.15, 0.2) is 82.2 Å². The van der Waals surface area contributed by atoms with Crippen LogP contribution in [0.4, 0.5) is 5.69 Å². The summed E-state index contributed by atoms with van der Waals surface area (Å²) in [5.74, 6) is 0.560. The molecule has 0 amide bonds. The van der Waals surface area contributed by atoms with Gasteiger partial charge in [-0.15, -0.1) is 0 Å². The first-order chi connectivity index (χ1) is 12.8. The summed E-state index contributed by atoms with van der Waals surface area (Å²) in [4.78, 5) is 8.92. The van der Waals surface area contributed by atoms with Gasteiger partial charge in [0.2, 0.25) is 5.89 Å². The van der Waals surface area contributed by atoms with Crippen LogP contribution in [0.3, 0.4) is 0 Å². The molecule has 0 aliphatic heterocycles. The lowest BCUT2D eigenvalue weighted by Gasteiger charge is -2.03. The highest BCUT2D eigenvalue weighted by molar-refractivity contribution is 6.04. The van der Waals surface area contributed by atoms with E-state index in [0.29, 0.717) is 17.2 Å². The molecule has 0 radical (unpaired) electrons. The van der Waals surface area contributed by atoms with Gasteiger partial charge in [0, 0.05) is 10.8 Å². The molecule has 0 unspecified atom stereocenters. The number of aliphatic imine (C=N–C) groups is 1. The minimum atomic E-state index is 0.154. The highest BCUT2D eigenvalue weighted by Crippen LogP contribution is 2.34. The van der Waals surface area contributed by atoms with E-state index in [-0.39, 0.29) is 5.75 Å². The number of fused-ring (bicyclic) bond motifs is 4. The van der Waals surface area contributed by atoms with Crippen LogP contribution in [-0.2, 0) is 0 Å². The molecule has 0 saturated heterocycles. The second kappa shape index (κ2) is 5.70. The van der Waals surface area contributed by atoms with Gasteiger partial charge in [0.05, 0.1) is 6.21 Å². The Balaban J connectivity index is 1.59. The van der Waals surface area contributed by atoms with Gasteiger partial charge in [-0.25, -0.2) is 9.98 Å². The fourth-order valence-electron chi connectivity index (χ4n) is 3.21. The number of oxazole rings is 1. The summed E-state index contributed by atoms with van der Waals surface area (Å²) in [6.07, 6.45) is 1.54. The Hall–Kier alpha value is -3.66. The molecule has 1 N–H and O–H groups in total. The zero-order valence-electron chi connectivity index (χ0n) is 13.8. The van der Waals surface area contributed by atoms with Crippen LogP contribution in [0.25, 0.3) is 32.6 Å². The van der Waals surface area contributed by atoms with E-state index in [4.69, 9.17) is 4.42 Å². The fraction of sp³-hybridized carbons (Fsp3) is 0. The van der Waals surface area contributed by atoms with E-state index in [1.807, 2.05) is 66.7 Å². The van der Waals surface area contributed by atoms with Gasteiger partial charge >= 0.3 is 0 Å². The Kier molecular flexibility index (Phi) is 3.22. The van der Waals surface area contributed by atoms with Crippen LogP contribution in [0.1, 0.15) is 5.89 Å².